The van der Waals surface area contributed by atoms with Crippen molar-refractivity contribution < 1.29 is 0 Å². The first-order valence-corrected chi connectivity index (χ1v) is 16.5. The SMILES string of the molecule is CC(I)CSP(=S)(SCC(C)I)SCC(C)I. The Morgan fingerprint density at radius 3 is 1.24 bits per heavy atom. The average molecular weight is 666 g/mol. The second kappa shape index (κ2) is 11.5. The molecule has 0 nitrogen and oxygen atoms in total. The fraction of sp³-hybridized carbons (Fsp3) is 1.00. The van der Waals surface area contributed by atoms with Crippen LogP contribution in [0.3, 0.4) is 0 Å². The van der Waals surface area contributed by atoms with Gasteiger partial charge in [0.25, 0.3) is 0 Å². The molecule has 0 bridgehead atoms. The Balaban J connectivity index is 4.29. The second-order valence-corrected chi connectivity index (χ2v) is 25.8. The predicted molar refractivity (Wildman–Crippen MR) is 122 cm³/mol. The van der Waals surface area contributed by atoms with E-state index < -0.39 is 3.64 Å². The van der Waals surface area contributed by atoms with Gasteiger partial charge in [0.05, 0.1) is 0 Å². The Morgan fingerprint density at radius 2 is 1.06 bits per heavy atom. The maximum Gasteiger partial charge on any atom is 0.109 e. The van der Waals surface area contributed by atoms with Crippen LogP contribution in [-0.4, -0.2) is 29.0 Å². The fourth-order valence-electron chi connectivity index (χ4n) is 0.694. The fourth-order valence-corrected chi connectivity index (χ4v) is 17.5. The third kappa shape index (κ3) is 13.3. The normalized spacial score (nSPS) is 20.6. The molecule has 0 radical (unpaired) electrons. The van der Waals surface area contributed by atoms with Gasteiger partial charge in [-0.25, -0.2) is 0 Å². The molecule has 104 valence electrons. The Hall–Kier alpha value is 3.89. The molecule has 0 aliphatic rings. The van der Waals surface area contributed by atoms with Crippen LogP contribution in [0, 0.1) is 0 Å². The second-order valence-electron chi connectivity index (χ2n) is 3.68. The van der Waals surface area contributed by atoms with Crippen LogP contribution in [0.4, 0.5) is 0 Å². The molecule has 8 heteroatoms. The van der Waals surface area contributed by atoms with Gasteiger partial charge in [0.1, 0.15) is 3.64 Å². The van der Waals surface area contributed by atoms with Crippen LogP contribution in [0.2, 0.25) is 0 Å². The molecule has 3 atom stereocenters. The molecule has 0 amide bonds. The zero-order valence-electron chi connectivity index (χ0n) is 10.1. The molecule has 0 aromatic heterocycles. The minimum absolute atomic E-state index is 0.718. The van der Waals surface area contributed by atoms with Crippen molar-refractivity contribution in [3.05, 3.63) is 0 Å². The summed E-state index contributed by atoms with van der Waals surface area (Å²) in [6, 6.07) is 0. The van der Waals surface area contributed by atoms with Crippen LogP contribution >= 0.6 is 106 Å². The van der Waals surface area contributed by atoms with E-state index in [1.165, 1.54) is 17.3 Å². The summed E-state index contributed by atoms with van der Waals surface area (Å²) in [4.78, 5) is 0. The van der Waals surface area contributed by atoms with E-state index in [9.17, 15) is 0 Å². The van der Waals surface area contributed by atoms with Gasteiger partial charge in [-0.05, 0) is 0 Å². The lowest BCUT2D eigenvalue weighted by Crippen LogP contribution is -1.96. The number of halogens is 3. The lowest BCUT2D eigenvalue weighted by atomic mass is 10.6. The molecule has 3 unspecified atom stereocenters. The Morgan fingerprint density at radius 1 is 0.824 bits per heavy atom. The highest BCUT2D eigenvalue weighted by Crippen LogP contribution is 2.78. The van der Waals surface area contributed by atoms with Gasteiger partial charge in [0.15, 0.2) is 0 Å². The zero-order chi connectivity index (χ0) is 13.5. The van der Waals surface area contributed by atoms with E-state index in [0.717, 1.165) is 11.8 Å². The first kappa shape index (κ1) is 20.9. The Kier molecular flexibility index (Phi) is 14.1. The minimum atomic E-state index is -1.31. The molecule has 0 aliphatic heterocycles. The van der Waals surface area contributed by atoms with Crippen LogP contribution in [0.5, 0.6) is 0 Å². The quantitative estimate of drug-likeness (QED) is 0.150. The highest BCUT2D eigenvalue weighted by atomic mass is 127. The molecule has 0 spiro atoms. The van der Waals surface area contributed by atoms with Crippen molar-refractivity contribution in [2.75, 3.05) is 17.3 Å². The summed E-state index contributed by atoms with van der Waals surface area (Å²) in [7, 11) is 0. The van der Waals surface area contributed by atoms with E-state index in [1.807, 2.05) is 0 Å². The number of hydrogen-bond acceptors (Lipinski definition) is 4. The van der Waals surface area contributed by atoms with E-state index >= 15 is 0 Å². The first-order chi connectivity index (χ1) is 7.75. The van der Waals surface area contributed by atoms with Crippen molar-refractivity contribution in [1.82, 2.24) is 0 Å². The maximum absolute atomic E-state index is 5.95. The summed E-state index contributed by atoms with van der Waals surface area (Å²) in [5, 5.41) is 0. The summed E-state index contributed by atoms with van der Waals surface area (Å²) < 4.78 is 0.841. The average Bonchev–Trinajstić information content (AvgIpc) is 2.21. The molecule has 0 aromatic carbocycles. The van der Waals surface area contributed by atoms with Crippen molar-refractivity contribution in [3.8, 4) is 0 Å². The van der Waals surface area contributed by atoms with Crippen LogP contribution in [0.25, 0.3) is 0 Å². The van der Waals surface area contributed by atoms with Gasteiger partial charge in [-0.15, -0.1) is 34.1 Å². The highest BCUT2D eigenvalue weighted by Gasteiger charge is 2.21. The van der Waals surface area contributed by atoms with Gasteiger partial charge >= 0.3 is 0 Å². The lowest BCUT2D eigenvalue weighted by molar-refractivity contribution is 1.18. The number of hydrogen-bond donors (Lipinski definition) is 0. The Bertz CT molecular complexity index is 210. The standard InChI is InChI=1S/C9H18I3PS4/c1-7(10)4-15-13(14,16-5-8(2)11)17-6-9(3)12/h7-9H,4-6H2,1-3H3. The van der Waals surface area contributed by atoms with Crippen LogP contribution < -0.4 is 0 Å². The molecule has 0 saturated heterocycles. The highest BCUT2D eigenvalue weighted by molar-refractivity contribution is 14.1. The van der Waals surface area contributed by atoms with Gasteiger partial charge in [-0.3, -0.25) is 0 Å². The lowest BCUT2D eigenvalue weighted by Gasteiger charge is -2.22. The molecule has 0 N–H and O–H groups in total. The van der Waals surface area contributed by atoms with E-state index in [2.05, 4.69) is 123 Å². The van der Waals surface area contributed by atoms with Crippen molar-refractivity contribution >= 4 is 117 Å². The third-order valence-corrected chi connectivity index (χ3v) is 20.1. The van der Waals surface area contributed by atoms with Crippen molar-refractivity contribution in [2.24, 2.45) is 0 Å². The van der Waals surface area contributed by atoms with Crippen LogP contribution in [0.15, 0.2) is 0 Å². The predicted octanol–water partition coefficient (Wildman–Crippen LogP) is 6.88. The smallest absolute Gasteiger partial charge is 0.103 e. The molecule has 0 saturated carbocycles. The minimum Gasteiger partial charge on any atom is -0.103 e. The van der Waals surface area contributed by atoms with Crippen LogP contribution in [-0.2, 0) is 11.8 Å². The van der Waals surface area contributed by atoms with Crippen molar-refractivity contribution in [3.63, 3.8) is 0 Å². The molecule has 0 aliphatic carbocycles. The summed E-state index contributed by atoms with van der Waals surface area (Å²) in [5.74, 6) is 3.59. The van der Waals surface area contributed by atoms with Gasteiger partial charge in [-0.1, -0.05) is 100 Å². The molecule has 0 aromatic rings. The zero-order valence-corrected chi connectivity index (χ0v) is 20.7. The summed E-state index contributed by atoms with van der Waals surface area (Å²) >= 11 is 19.6. The van der Waals surface area contributed by atoms with Crippen LogP contribution in [0.1, 0.15) is 20.8 Å². The number of alkyl halides is 3. The van der Waals surface area contributed by atoms with Crippen molar-refractivity contribution in [2.45, 2.75) is 32.5 Å². The first-order valence-electron chi connectivity index (χ1n) is 5.21. The molecule has 17 heavy (non-hydrogen) atoms. The molecular weight excluding hydrogens is 648 g/mol. The van der Waals surface area contributed by atoms with E-state index in [0.29, 0.717) is 0 Å². The molecular formula is C9H18I3PS4. The largest absolute Gasteiger partial charge is 0.109 e. The van der Waals surface area contributed by atoms with Gasteiger partial charge in [0.2, 0.25) is 0 Å². The Labute approximate surface area is 164 Å². The summed E-state index contributed by atoms with van der Waals surface area (Å²) in [6.45, 7) is 6.80. The monoisotopic (exact) mass is 666 g/mol. The van der Waals surface area contributed by atoms with Gasteiger partial charge < -0.3 is 0 Å². The van der Waals surface area contributed by atoms with Gasteiger partial charge in [0, 0.05) is 29.0 Å². The summed E-state index contributed by atoms with van der Waals surface area (Å²) in [6.07, 6.45) is 0. The molecule has 0 rings (SSSR count). The third-order valence-electron chi connectivity index (χ3n) is 1.39. The van der Waals surface area contributed by atoms with E-state index in [4.69, 9.17) is 11.8 Å². The number of rotatable bonds is 9. The molecule has 0 heterocycles. The topological polar surface area (TPSA) is 0 Å². The van der Waals surface area contributed by atoms with Gasteiger partial charge in [-0.2, -0.15) is 0 Å². The van der Waals surface area contributed by atoms with E-state index in [-0.39, 0.29) is 0 Å². The summed E-state index contributed by atoms with van der Waals surface area (Å²) in [5.41, 5.74) is 0. The molecule has 0 fully saturated rings. The maximum atomic E-state index is 5.95. The van der Waals surface area contributed by atoms with E-state index in [1.54, 1.807) is 0 Å². The van der Waals surface area contributed by atoms with Crippen molar-refractivity contribution in [1.29, 1.82) is 0 Å².